The lowest BCUT2D eigenvalue weighted by atomic mass is 10.2. The molecule has 96 valence electrons. The molecular formula is C14H10Cl2N2O. The first-order valence-corrected chi connectivity index (χ1v) is 6.25. The summed E-state index contributed by atoms with van der Waals surface area (Å²) in [6, 6.07) is 13.8. The van der Waals surface area contributed by atoms with Gasteiger partial charge in [-0.2, -0.15) is 5.10 Å². The monoisotopic (exact) mass is 292 g/mol. The summed E-state index contributed by atoms with van der Waals surface area (Å²) in [5.41, 5.74) is 3.73. The lowest BCUT2D eigenvalue weighted by Crippen LogP contribution is -2.17. The molecule has 0 unspecified atom stereocenters. The zero-order chi connectivity index (χ0) is 13.7. The Labute approximate surface area is 120 Å². The van der Waals surface area contributed by atoms with Crippen LogP contribution in [0.1, 0.15) is 15.9 Å². The van der Waals surface area contributed by atoms with E-state index in [9.17, 15) is 4.79 Å². The van der Waals surface area contributed by atoms with Gasteiger partial charge in [-0.05, 0) is 35.9 Å². The minimum atomic E-state index is -0.312. The average molecular weight is 293 g/mol. The van der Waals surface area contributed by atoms with Crippen molar-refractivity contribution in [3.63, 3.8) is 0 Å². The van der Waals surface area contributed by atoms with E-state index in [1.54, 1.807) is 54.7 Å². The van der Waals surface area contributed by atoms with Gasteiger partial charge in [0, 0.05) is 15.6 Å². The fourth-order valence-electron chi connectivity index (χ4n) is 1.41. The smallest absolute Gasteiger partial charge is 0.267 e. The molecule has 0 aromatic heterocycles. The van der Waals surface area contributed by atoms with E-state index >= 15 is 0 Å². The van der Waals surface area contributed by atoms with Crippen molar-refractivity contribution in [2.24, 2.45) is 5.10 Å². The first-order chi connectivity index (χ1) is 9.15. The van der Waals surface area contributed by atoms with Crippen molar-refractivity contribution in [3.8, 4) is 0 Å². The molecule has 1 amide bonds. The number of halogens is 2. The van der Waals surface area contributed by atoms with E-state index in [4.69, 9.17) is 23.2 Å². The maximum absolute atomic E-state index is 11.7. The molecule has 0 radical (unpaired) electrons. The fourth-order valence-corrected chi connectivity index (χ4v) is 1.72. The topological polar surface area (TPSA) is 41.5 Å². The van der Waals surface area contributed by atoms with Crippen molar-refractivity contribution in [3.05, 3.63) is 69.7 Å². The van der Waals surface area contributed by atoms with Crippen LogP contribution in [0, 0.1) is 0 Å². The van der Waals surface area contributed by atoms with E-state index in [0.29, 0.717) is 15.6 Å². The Morgan fingerprint density at radius 1 is 1.05 bits per heavy atom. The molecule has 0 aliphatic rings. The number of benzene rings is 2. The summed E-state index contributed by atoms with van der Waals surface area (Å²) >= 11 is 11.6. The third-order valence-electron chi connectivity index (χ3n) is 2.34. The molecule has 0 saturated heterocycles. The molecule has 0 atom stereocenters. The van der Waals surface area contributed by atoms with Gasteiger partial charge in [0.1, 0.15) is 0 Å². The Balaban J connectivity index is 1.98. The molecule has 0 aliphatic heterocycles. The van der Waals surface area contributed by atoms with Crippen molar-refractivity contribution < 1.29 is 4.79 Å². The highest BCUT2D eigenvalue weighted by atomic mass is 35.5. The summed E-state index contributed by atoms with van der Waals surface area (Å²) in [5, 5.41) is 5.03. The maximum Gasteiger partial charge on any atom is 0.271 e. The second kappa shape index (κ2) is 6.36. The van der Waals surface area contributed by atoms with E-state index in [1.165, 1.54) is 0 Å². The molecule has 2 rings (SSSR count). The summed E-state index contributed by atoms with van der Waals surface area (Å²) < 4.78 is 0. The highest BCUT2D eigenvalue weighted by Gasteiger charge is 2.03. The van der Waals surface area contributed by atoms with Gasteiger partial charge in [-0.3, -0.25) is 4.79 Å². The van der Waals surface area contributed by atoms with E-state index < -0.39 is 0 Å². The van der Waals surface area contributed by atoms with Crippen molar-refractivity contribution in [1.29, 1.82) is 0 Å². The predicted octanol–water partition coefficient (Wildman–Crippen LogP) is 3.76. The Hall–Kier alpha value is -1.84. The molecule has 0 aliphatic carbocycles. The van der Waals surface area contributed by atoms with Gasteiger partial charge in [0.2, 0.25) is 0 Å². The number of amides is 1. The van der Waals surface area contributed by atoms with Crippen LogP contribution >= 0.6 is 23.2 Å². The standard InChI is InChI=1S/C14H10Cl2N2O/c15-12-6-4-10(5-7-12)9-17-18-14(19)11-2-1-3-13(16)8-11/h1-9H,(H,18,19)/b17-9-. The van der Waals surface area contributed by atoms with Crippen LogP contribution in [0.2, 0.25) is 10.0 Å². The number of hydrogen-bond acceptors (Lipinski definition) is 2. The van der Waals surface area contributed by atoms with E-state index in [2.05, 4.69) is 10.5 Å². The lowest BCUT2D eigenvalue weighted by molar-refractivity contribution is 0.0955. The van der Waals surface area contributed by atoms with Crippen LogP contribution in [0.25, 0.3) is 0 Å². The molecule has 0 heterocycles. The number of carbonyl (C=O) groups is 1. The van der Waals surface area contributed by atoms with Gasteiger partial charge in [0.25, 0.3) is 5.91 Å². The second-order valence-electron chi connectivity index (χ2n) is 3.76. The van der Waals surface area contributed by atoms with Crippen molar-refractivity contribution in [1.82, 2.24) is 5.43 Å². The highest BCUT2D eigenvalue weighted by Crippen LogP contribution is 2.10. The molecule has 5 heteroatoms. The van der Waals surface area contributed by atoms with Gasteiger partial charge < -0.3 is 0 Å². The molecule has 2 aromatic carbocycles. The van der Waals surface area contributed by atoms with E-state index in [1.807, 2.05) is 0 Å². The Bertz CT molecular complexity index is 609. The van der Waals surface area contributed by atoms with Crippen molar-refractivity contribution in [2.45, 2.75) is 0 Å². The number of nitrogens with one attached hydrogen (secondary N) is 1. The summed E-state index contributed by atoms with van der Waals surface area (Å²) in [6.07, 6.45) is 1.54. The number of hydrogen-bond donors (Lipinski definition) is 1. The molecule has 19 heavy (non-hydrogen) atoms. The van der Waals surface area contributed by atoms with Gasteiger partial charge >= 0.3 is 0 Å². The van der Waals surface area contributed by atoms with E-state index in [0.717, 1.165) is 5.56 Å². The van der Waals surface area contributed by atoms with Crippen LogP contribution in [0.4, 0.5) is 0 Å². The third-order valence-corrected chi connectivity index (χ3v) is 2.82. The lowest BCUT2D eigenvalue weighted by Gasteiger charge is -2.00. The van der Waals surface area contributed by atoms with Crippen molar-refractivity contribution >= 4 is 35.3 Å². The summed E-state index contributed by atoms with van der Waals surface area (Å²) in [5.74, 6) is -0.312. The zero-order valence-corrected chi connectivity index (χ0v) is 11.3. The SMILES string of the molecule is O=C(N/N=C\c1ccc(Cl)cc1)c1cccc(Cl)c1. The molecule has 1 N–H and O–H groups in total. The number of nitrogens with zero attached hydrogens (tertiary/aromatic N) is 1. The van der Waals surface area contributed by atoms with Crippen molar-refractivity contribution in [2.75, 3.05) is 0 Å². The molecule has 0 bridgehead atoms. The molecule has 0 fully saturated rings. The minimum absolute atomic E-state index is 0.312. The van der Waals surface area contributed by atoms with Gasteiger partial charge in [-0.1, -0.05) is 41.4 Å². The molecule has 0 spiro atoms. The fraction of sp³-hybridized carbons (Fsp3) is 0. The van der Waals surface area contributed by atoms with Gasteiger partial charge in [-0.15, -0.1) is 0 Å². The molecule has 3 nitrogen and oxygen atoms in total. The summed E-state index contributed by atoms with van der Waals surface area (Å²) in [6.45, 7) is 0. The zero-order valence-electron chi connectivity index (χ0n) is 9.81. The highest BCUT2D eigenvalue weighted by molar-refractivity contribution is 6.31. The minimum Gasteiger partial charge on any atom is -0.267 e. The number of hydrazone groups is 1. The van der Waals surface area contributed by atoms with Crippen LogP contribution in [-0.2, 0) is 0 Å². The average Bonchev–Trinajstić information content (AvgIpc) is 2.41. The van der Waals surface area contributed by atoms with Crippen LogP contribution in [0.5, 0.6) is 0 Å². The Kier molecular flexibility index (Phi) is 4.55. The normalized spacial score (nSPS) is 10.6. The Morgan fingerprint density at radius 2 is 1.79 bits per heavy atom. The number of rotatable bonds is 3. The van der Waals surface area contributed by atoms with Crippen LogP contribution in [0.15, 0.2) is 53.6 Å². The maximum atomic E-state index is 11.7. The first kappa shape index (κ1) is 13.6. The van der Waals surface area contributed by atoms with Gasteiger partial charge in [0.05, 0.1) is 6.21 Å². The van der Waals surface area contributed by atoms with Gasteiger partial charge in [-0.25, -0.2) is 5.43 Å². The summed E-state index contributed by atoms with van der Waals surface area (Å²) in [7, 11) is 0. The van der Waals surface area contributed by atoms with Crippen LogP contribution in [0.3, 0.4) is 0 Å². The first-order valence-electron chi connectivity index (χ1n) is 5.50. The number of carbonyl (C=O) groups excluding carboxylic acids is 1. The largest absolute Gasteiger partial charge is 0.271 e. The second-order valence-corrected chi connectivity index (χ2v) is 4.63. The molecule has 2 aromatic rings. The Morgan fingerprint density at radius 3 is 2.47 bits per heavy atom. The quantitative estimate of drug-likeness (QED) is 0.679. The van der Waals surface area contributed by atoms with Crippen LogP contribution in [-0.4, -0.2) is 12.1 Å². The van der Waals surface area contributed by atoms with Gasteiger partial charge in [0.15, 0.2) is 0 Å². The van der Waals surface area contributed by atoms with E-state index in [-0.39, 0.29) is 5.91 Å². The molecular weight excluding hydrogens is 283 g/mol. The third kappa shape index (κ3) is 4.09. The summed E-state index contributed by atoms with van der Waals surface area (Å²) in [4.78, 5) is 11.7. The van der Waals surface area contributed by atoms with Crippen LogP contribution < -0.4 is 5.43 Å². The predicted molar refractivity (Wildman–Crippen MR) is 78.0 cm³/mol. The molecule has 0 saturated carbocycles.